The molecule has 3 aromatic rings. The summed E-state index contributed by atoms with van der Waals surface area (Å²) in [5.74, 6) is -0.184. The number of thiazole rings is 1. The SMILES string of the molecule is Cc1ccc2nc(N(CCN(C)C)C(=O)c3ccc(S(=O)(=O)N4CCCCCC4)cc3)sc2c1.Cl. The summed E-state index contributed by atoms with van der Waals surface area (Å²) in [6.45, 7) is 4.31. The van der Waals surface area contributed by atoms with Crippen molar-refractivity contribution in [2.45, 2.75) is 37.5 Å². The van der Waals surface area contributed by atoms with Crippen molar-refractivity contribution in [1.29, 1.82) is 0 Å². The maximum absolute atomic E-state index is 13.5. The van der Waals surface area contributed by atoms with Crippen LogP contribution in [-0.4, -0.2) is 68.8 Å². The fourth-order valence-electron chi connectivity index (χ4n) is 4.08. The van der Waals surface area contributed by atoms with Crippen LogP contribution in [-0.2, 0) is 10.0 Å². The number of aryl methyl sites for hydroxylation is 1. The smallest absolute Gasteiger partial charge is 0.260 e. The fourth-order valence-corrected chi connectivity index (χ4v) is 6.68. The first kappa shape index (κ1) is 27.5. The molecule has 1 saturated heterocycles. The molecule has 2 aromatic carbocycles. The van der Waals surface area contributed by atoms with E-state index in [1.807, 2.05) is 38.1 Å². The minimum absolute atomic E-state index is 0. The van der Waals surface area contributed by atoms with E-state index in [0.717, 1.165) is 41.5 Å². The van der Waals surface area contributed by atoms with Crippen molar-refractivity contribution >= 4 is 55.0 Å². The van der Waals surface area contributed by atoms with Gasteiger partial charge in [-0.25, -0.2) is 13.4 Å². The van der Waals surface area contributed by atoms with Gasteiger partial charge in [0.25, 0.3) is 5.91 Å². The normalized spacial score (nSPS) is 15.1. The van der Waals surface area contributed by atoms with Gasteiger partial charge in [-0.2, -0.15) is 4.31 Å². The van der Waals surface area contributed by atoms with Gasteiger partial charge in [0, 0.05) is 31.7 Å². The third-order valence-corrected chi connectivity index (χ3v) is 9.04. The van der Waals surface area contributed by atoms with Crippen LogP contribution in [0.1, 0.15) is 41.6 Å². The number of rotatable bonds is 7. The fraction of sp³-hybridized carbons (Fsp3) is 0.440. The van der Waals surface area contributed by atoms with Crippen LogP contribution < -0.4 is 4.90 Å². The van der Waals surface area contributed by atoms with Crippen LogP contribution in [0.15, 0.2) is 47.4 Å². The number of amides is 1. The zero-order valence-corrected chi connectivity index (χ0v) is 22.9. The number of halogens is 1. The standard InChI is InChI=1S/C25H32N4O3S2.ClH/c1-19-8-13-22-23(18-19)33-25(26-22)29(17-16-27(2)3)24(30)20-9-11-21(12-10-20)34(31,32)28-14-6-4-5-7-15-28;/h8-13,18H,4-7,14-17H2,1-3H3;1H. The Hall–Kier alpha value is -2.04. The van der Waals surface area contributed by atoms with E-state index in [1.54, 1.807) is 33.5 Å². The molecule has 1 aliphatic rings. The zero-order valence-electron chi connectivity index (χ0n) is 20.4. The molecule has 1 amide bonds. The van der Waals surface area contributed by atoms with Crippen LogP contribution in [0.2, 0.25) is 0 Å². The van der Waals surface area contributed by atoms with E-state index < -0.39 is 10.0 Å². The lowest BCUT2D eigenvalue weighted by atomic mass is 10.2. The Kier molecular flexibility index (Phi) is 9.28. The average molecular weight is 537 g/mol. The van der Waals surface area contributed by atoms with E-state index in [4.69, 9.17) is 4.98 Å². The number of aromatic nitrogens is 1. The van der Waals surface area contributed by atoms with E-state index >= 15 is 0 Å². The van der Waals surface area contributed by atoms with Crippen LogP contribution in [0.25, 0.3) is 10.2 Å². The van der Waals surface area contributed by atoms with Gasteiger partial charge in [0.1, 0.15) is 0 Å². The third-order valence-electron chi connectivity index (χ3n) is 6.08. The number of benzene rings is 2. The maximum Gasteiger partial charge on any atom is 0.260 e. The summed E-state index contributed by atoms with van der Waals surface area (Å²) in [6.07, 6.45) is 3.90. The lowest BCUT2D eigenvalue weighted by Crippen LogP contribution is -2.36. The number of anilines is 1. The Morgan fingerprint density at radius 2 is 1.66 bits per heavy atom. The van der Waals surface area contributed by atoms with E-state index in [-0.39, 0.29) is 23.2 Å². The number of carbonyl (C=O) groups excluding carboxylic acids is 1. The minimum Gasteiger partial charge on any atom is -0.308 e. The lowest BCUT2D eigenvalue weighted by molar-refractivity contribution is 0.0985. The molecular weight excluding hydrogens is 504 g/mol. The summed E-state index contributed by atoms with van der Waals surface area (Å²) >= 11 is 1.50. The number of likely N-dealkylation sites (N-methyl/N-ethyl adjacent to an activating group) is 1. The van der Waals surface area contributed by atoms with Crippen LogP contribution in [0.3, 0.4) is 0 Å². The Morgan fingerprint density at radius 1 is 1.00 bits per heavy atom. The Balaban J connectivity index is 0.00000342. The molecule has 0 saturated carbocycles. The van der Waals surface area contributed by atoms with Crippen molar-refractivity contribution in [2.24, 2.45) is 0 Å². The molecule has 4 rings (SSSR count). The quantitative estimate of drug-likeness (QED) is 0.433. The molecule has 0 spiro atoms. The molecule has 0 atom stereocenters. The maximum atomic E-state index is 13.5. The number of sulfonamides is 1. The van der Waals surface area contributed by atoms with Gasteiger partial charge < -0.3 is 4.90 Å². The van der Waals surface area contributed by atoms with Crippen molar-refractivity contribution in [3.8, 4) is 0 Å². The summed E-state index contributed by atoms with van der Waals surface area (Å²) < 4.78 is 28.8. The Bertz CT molecular complexity index is 1250. The molecule has 0 aliphatic carbocycles. The summed E-state index contributed by atoms with van der Waals surface area (Å²) in [7, 11) is 0.379. The van der Waals surface area contributed by atoms with Crippen molar-refractivity contribution < 1.29 is 13.2 Å². The van der Waals surface area contributed by atoms with Crippen molar-refractivity contribution in [2.75, 3.05) is 45.2 Å². The molecule has 10 heteroatoms. The van der Waals surface area contributed by atoms with E-state index in [9.17, 15) is 13.2 Å². The lowest BCUT2D eigenvalue weighted by Gasteiger charge is -2.22. The average Bonchev–Trinajstić information content (AvgIpc) is 3.02. The molecule has 35 heavy (non-hydrogen) atoms. The van der Waals surface area contributed by atoms with Gasteiger partial charge in [0.2, 0.25) is 10.0 Å². The van der Waals surface area contributed by atoms with Gasteiger partial charge in [-0.15, -0.1) is 12.4 Å². The molecule has 0 radical (unpaired) electrons. The van der Waals surface area contributed by atoms with Crippen molar-refractivity contribution in [3.05, 3.63) is 53.6 Å². The van der Waals surface area contributed by atoms with E-state index in [1.165, 1.54) is 11.3 Å². The summed E-state index contributed by atoms with van der Waals surface area (Å²) in [4.78, 5) is 22.2. The second-order valence-corrected chi connectivity index (χ2v) is 12.0. The zero-order chi connectivity index (χ0) is 24.3. The predicted octanol–water partition coefficient (Wildman–Crippen LogP) is 4.80. The third kappa shape index (κ3) is 6.40. The highest BCUT2D eigenvalue weighted by Crippen LogP contribution is 2.30. The molecule has 2 heterocycles. The molecule has 7 nitrogen and oxygen atoms in total. The van der Waals surface area contributed by atoms with Crippen molar-refractivity contribution in [1.82, 2.24) is 14.2 Å². The second kappa shape index (κ2) is 11.8. The highest BCUT2D eigenvalue weighted by Gasteiger charge is 2.26. The van der Waals surface area contributed by atoms with Crippen molar-refractivity contribution in [3.63, 3.8) is 0 Å². The molecule has 0 unspecified atom stereocenters. The number of hydrogen-bond acceptors (Lipinski definition) is 6. The molecule has 1 aromatic heterocycles. The van der Waals surface area contributed by atoms with Crippen LogP contribution in [0, 0.1) is 6.92 Å². The van der Waals surface area contributed by atoms with Gasteiger partial charge in [-0.1, -0.05) is 30.2 Å². The number of carbonyl (C=O) groups is 1. The predicted molar refractivity (Wildman–Crippen MR) is 146 cm³/mol. The van der Waals surface area contributed by atoms with Crippen LogP contribution in [0.4, 0.5) is 5.13 Å². The number of hydrogen-bond donors (Lipinski definition) is 0. The molecule has 1 fully saturated rings. The molecule has 190 valence electrons. The van der Waals surface area contributed by atoms with Gasteiger partial charge in [0.15, 0.2) is 5.13 Å². The topological polar surface area (TPSA) is 73.8 Å². The summed E-state index contributed by atoms with van der Waals surface area (Å²) in [5, 5.41) is 0.647. The molecule has 1 aliphatic heterocycles. The molecular formula is C25H33ClN4O3S2. The Morgan fingerprint density at radius 3 is 2.29 bits per heavy atom. The first-order valence-electron chi connectivity index (χ1n) is 11.7. The monoisotopic (exact) mass is 536 g/mol. The minimum atomic E-state index is -3.55. The number of nitrogens with zero attached hydrogens (tertiary/aromatic N) is 4. The highest BCUT2D eigenvalue weighted by atomic mass is 35.5. The van der Waals surface area contributed by atoms with Crippen LogP contribution >= 0.6 is 23.7 Å². The first-order chi connectivity index (χ1) is 16.3. The largest absolute Gasteiger partial charge is 0.308 e. The number of fused-ring (bicyclic) bond motifs is 1. The van der Waals surface area contributed by atoms with Gasteiger partial charge in [-0.05, 0) is 75.8 Å². The molecule has 0 bridgehead atoms. The first-order valence-corrected chi connectivity index (χ1v) is 14.0. The summed E-state index contributed by atoms with van der Waals surface area (Å²) in [5.41, 5.74) is 2.46. The highest BCUT2D eigenvalue weighted by molar-refractivity contribution is 7.89. The van der Waals surface area contributed by atoms with E-state index in [2.05, 4.69) is 6.07 Å². The van der Waals surface area contributed by atoms with Gasteiger partial charge >= 0.3 is 0 Å². The summed E-state index contributed by atoms with van der Waals surface area (Å²) in [6, 6.07) is 12.4. The Labute approximate surface area is 218 Å². The molecule has 0 N–H and O–H groups in total. The van der Waals surface area contributed by atoms with Crippen LogP contribution in [0.5, 0.6) is 0 Å². The van der Waals surface area contributed by atoms with Gasteiger partial charge in [0.05, 0.1) is 15.1 Å². The van der Waals surface area contributed by atoms with Gasteiger partial charge in [-0.3, -0.25) is 9.69 Å². The van der Waals surface area contributed by atoms with E-state index in [0.29, 0.717) is 36.9 Å². The second-order valence-electron chi connectivity index (χ2n) is 9.07.